The molecule has 0 aliphatic rings. The average molecular weight is 224 g/mol. The van der Waals surface area contributed by atoms with Crippen molar-refractivity contribution >= 4 is 16.6 Å². The molecule has 2 rings (SSSR count). The van der Waals surface area contributed by atoms with Gasteiger partial charge in [0.1, 0.15) is 0 Å². The lowest BCUT2D eigenvalue weighted by Crippen LogP contribution is -1.96. The van der Waals surface area contributed by atoms with Gasteiger partial charge in [-0.15, -0.1) is 13.2 Å². The van der Waals surface area contributed by atoms with Crippen LogP contribution < -0.4 is 5.73 Å². The van der Waals surface area contributed by atoms with Gasteiger partial charge in [-0.1, -0.05) is 24.3 Å². The molecule has 0 amide bonds. The summed E-state index contributed by atoms with van der Waals surface area (Å²) in [6, 6.07) is 8.05. The molecule has 0 bridgehead atoms. The Labute approximate surface area is 101 Å². The number of nitrogens with zero attached hydrogens (tertiary/aromatic N) is 1. The van der Waals surface area contributed by atoms with Gasteiger partial charge in [0, 0.05) is 17.5 Å². The molecule has 0 saturated carbocycles. The number of benzene rings is 1. The Morgan fingerprint density at radius 3 is 2.53 bits per heavy atom. The van der Waals surface area contributed by atoms with E-state index in [9.17, 15) is 0 Å². The topological polar surface area (TPSA) is 38.9 Å². The first-order valence-corrected chi connectivity index (χ1v) is 5.65. The van der Waals surface area contributed by atoms with Crippen LogP contribution in [0.1, 0.15) is 11.3 Å². The van der Waals surface area contributed by atoms with Gasteiger partial charge in [-0.05, 0) is 24.1 Å². The van der Waals surface area contributed by atoms with E-state index in [4.69, 9.17) is 5.73 Å². The highest BCUT2D eigenvalue weighted by Gasteiger charge is 2.05. The molecular formula is C15H16N2. The van der Waals surface area contributed by atoms with E-state index in [1.54, 1.807) is 0 Å². The first-order chi connectivity index (χ1) is 8.26. The smallest absolute Gasteiger partial charge is 0.0937 e. The highest BCUT2D eigenvalue weighted by atomic mass is 14.7. The third-order valence-electron chi connectivity index (χ3n) is 2.75. The fraction of sp³-hybridized carbons (Fsp3) is 0.133. The van der Waals surface area contributed by atoms with Crippen molar-refractivity contribution in [2.45, 2.75) is 12.8 Å². The summed E-state index contributed by atoms with van der Waals surface area (Å²) in [4.78, 5) is 4.58. The van der Waals surface area contributed by atoms with Crippen LogP contribution in [0.2, 0.25) is 0 Å². The maximum atomic E-state index is 5.97. The number of anilines is 1. The molecule has 1 aromatic carbocycles. The summed E-state index contributed by atoms with van der Waals surface area (Å²) in [5, 5.41) is 1.11. The SMILES string of the molecule is C=CCc1ccc2c(CC=C)ccc(N)c2n1. The summed E-state index contributed by atoms with van der Waals surface area (Å²) >= 11 is 0. The van der Waals surface area contributed by atoms with Crippen molar-refractivity contribution in [2.75, 3.05) is 5.73 Å². The van der Waals surface area contributed by atoms with Crippen LogP contribution in [0.5, 0.6) is 0 Å². The highest BCUT2D eigenvalue weighted by molar-refractivity contribution is 5.92. The first kappa shape index (κ1) is 11.4. The Hall–Kier alpha value is -2.09. The molecule has 0 radical (unpaired) electrons. The second-order valence-corrected chi connectivity index (χ2v) is 4.00. The summed E-state index contributed by atoms with van der Waals surface area (Å²) in [5.74, 6) is 0. The number of hydrogen-bond donors (Lipinski definition) is 1. The second kappa shape index (κ2) is 4.83. The van der Waals surface area contributed by atoms with Gasteiger partial charge in [0.25, 0.3) is 0 Å². The Kier molecular flexibility index (Phi) is 3.24. The fourth-order valence-electron chi connectivity index (χ4n) is 1.93. The van der Waals surface area contributed by atoms with Gasteiger partial charge >= 0.3 is 0 Å². The minimum absolute atomic E-state index is 0.721. The lowest BCUT2D eigenvalue weighted by molar-refractivity contribution is 1.14. The molecule has 0 unspecified atom stereocenters. The minimum Gasteiger partial charge on any atom is -0.397 e. The van der Waals surface area contributed by atoms with Crippen LogP contribution in [0.4, 0.5) is 5.69 Å². The lowest BCUT2D eigenvalue weighted by atomic mass is 10.0. The maximum absolute atomic E-state index is 5.97. The summed E-state index contributed by atoms with van der Waals surface area (Å²) in [6.07, 6.45) is 5.33. The van der Waals surface area contributed by atoms with E-state index in [0.717, 1.165) is 35.1 Å². The monoisotopic (exact) mass is 224 g/mol. The van der Waals surface area contributed by atoms with Gasteiger partial charge in [-0.3, -0.25) is 4.98 Å². The van der Waals surface area contributed by atoms with Crippen LogP contribution in [0.15, 0.2) is 49.6 Å². The third kappa shape index (κ3) is 2.21. The van der Waals surface area contributed by atoms with Crippen molar-refractivity contribution in [3.63, 3.8) is 0 Å². The highest BCUT2D eigenvalue weighted by Crippen LogP contribution is 2.24. The molecule has 0 aliphatic carbocycles. The zero-order valence-electron chi connectivity index (χ0n) is 9.82. The standard InChI is InChI=1S/C15H16N2/c1-3-5-11-7-10-14(16)15-13(11)9-8-12(17-15)6-4-2/h3-4,7-10H,1-2,5-6,16H2. The Bertz CT molecular complexity index is 570. The number of aromatic nitrogens is 1. The summed E-state index contributed by atoms with van der Waals surface area (Å²) in [5.41, 5.74) is 9.78. The van der Waals surface area contributed by atoms with E-state index in [1.807, 2.05) is 30.4 Å². The molecule has 2 heteroatoms. The van der Waals surface area contributed by atoms with E-state index in [2.05, 4.69) is 24.2 Å². The number of nitrogens with two attached hydrogens (primary N) is 1. The molecule has 0 saturated heterocycles. The molecule has 17 heavy (non-hydrogen) atoms. The summed E-state index contributed by atoms with van der Waals surface area (Å²) in [7, 11) is 0. The van der Waals surface area contributed by atoms with Gasteiger partial charge in [-0.25, -0.2) is 0 Å². The molecule has 1 heterocycles. The van der Waals surface area contributed by atoms with Gasteiger partial charge < -0.3 is 5.73 Å². The van der Waals surface area contributed by atoms with Gasteiger partial charge in [0.15, 0.2) is 0 Å². The molecule has 1 aromatic heterocycles. The van der Waals surface area contributed by atoms with Crippen LogP contribution in [0.25, 0.3) is 10.9 Å². The molecule has 86 valence electrons. The number of nitrogen functional groups attached to an aromatic ring is 1. The second-order valence-electron chi connectivity index (χ2n) is 4.00. The first-order valence-electron chi connectivity index (χ1n) is 5.65. The third-order valence-corrected chi connectivity index (χ3v) is 2.75. The van der Waals surface area contributed by atoms with Crippen molar-refractivity contribution < 1.29 is 0 Å². The molecule has 2 aromatic rings. The number of fused-ring (bicyclic) bond motifs is 1. The quantitative estimate of drug-likeness (QED) is 0.639. The maximum Gasteiger partial charge on any atom is 0.0937 e. The van der Waals surface area contributed by atoms with Gasteiger partial charge in [0.05, 0.1) is 11.2 Å². The lowest BCUT2D eigenvalue weighted by Gasteiger charge is -2.08. The van der Waals surface area contributed by atoms with Crippen molar-refractivity contribution in [2.24, 2.45) is 0 Å². The van der Waals surface area contributed by atoms with Crippen molar-refractivity contribution in [1.29, 1.82) is 0 Å². The van der Waals surface area contributed by atoms with Crippen molar-refractivity contribution in [3.05, 3.63) is 60.8 Å². The van der Waals surface area contributed by atoms with E-state index in [0.29, 0.717) is 0 Å². The minimum atomic E-state index is 0.721. The van der Waals surface area contributed by atoms with E-state index in [-0.39, 0.29) is 0 Å². The van der Waals surface area contributed by atoms with Crippen LogP contribution in [-0.2, 0) is 12.8 Å². The molecule has 0 aliphatic heterocycles. The van der Waals surface area contributed by atoms with E-state index >= 15 is 0 Å². The zero-order valence-corrected chi connectivity index (χ0v) is 9.82. The molecule has 2 nitrogen and oxygen atoms in total. The number of hydrogen-bond acceptors (Lipinski definition) is 2. The van der Waals surface area contributed by atoms with E-state index < -0.39 is 0 Å². The molecular weight excluding hydrogens is 208 g/mol. The van der Waals surface area contributed by atoms with Gasteiger partial charge in [0.2, 0.25) is 0 Å². The predicted molar refractivity (Wildman–Crippen MR) is 74.0 cm³/mol. The Balaban J connectivity index is 2.63. The average Bonchev–Trinajstić information content (AvgIpc) is 2.34. The number of allylic oxidation sites excluding steroid dienone is 2. The van der Waals surface area contributed by atoms with E-state index in [1.165, 1.54) is 5.56 Å². The van der Waals surface area contributed by atoms with Gasteiger partial charge in [-0.2, -0.15) is 0 Å². The van der Waals surface area contributed by atoms with Crippen molar-refractivity contribution in [3.8, 4) is 0 Å². The number of pyridine rings is 1. The predicted octanol–water partition coefficient (Wildman–Crippen LogP) is 3.27. The fourth-order valence-corrected chi connectivity index (χ4v) is 1.93. The molecule has 0 atom stereocenters. The molecule has 0 fully saturated rings. The summed E-state index contributed by atoms with van der Waals surface area (Å²) < 4.78 is 0. The molecule has 0 spiro atoms. The summed E-state index contributed by atoms with van der Waals surface area (Å²) in [6.45, 7) is 7.49. The molecule has 2 N–H and O–H groups in total. The van der Waals surface area contributed by atoms with Crippen molar-refractivity contribution in [1.82, 2.24) is 4.98 Å². The van der Waals surface area contributed by atoms with Crippen LogP contribution in [0.3, 0.4) is 0 Å². The number of rotatable bonds is 4. The largest absolute Gasteiger partial charge is 0.397 e. The van der Waals surface area contributed by atoms with Crippen LogP contribution >= 0.6 is 0 Å². The van der Waals surface area contributed by atoms with Crippen LogP contribution in [0, 0.1) is 0 Å². The van der Waals surface area contributed by atoms with Crippen LogP contribution in [-0.4, -0.2) is 4.98 Å². The Morgan fingerprint density at radius 1 is 1.06 bits per heavy atom. The normalized spacial score (nSPS) is 10.4. The zero-order chi connectivity index (χ0) is 12.3. The Morgan fingerprint density at radius 2 is 1.82 bits per heavy atom.